The summed E-state index contributed by atoms with van der Waals surface area (Å²) in [4.78, 5) is 11.9. The first-order valence-electron chi connectivity index (χ1n) is 9.14. The van der Waals surface area contributed by atoms with Gasteiger partial charge in [-0.3, -0.25) is 0 Å². The predicted molar refractivity (Wildman–Crippen MR) is 95.4 cm³/mol. The number of carbonyl (C=O) groups excluding carboxylic acids is 1. The molecule has 1 rings (SSSR count). The quantitative estimate of drug-likeness (QED) is 0.672. The lowest BCUT2D eigenvalue weighted by molar-refractivity contribution is 0.0518. The zero-order valence-corrected chi connectivity index (χ0v) is 15.7. The van der Waals surface area contributed by atoms with E-state index < -0.39 is 5.60 Å². The highest BCUT2D eigenvalue weighted by atomic mass is 16.6. The van der Waals surface area contributed by atoms with Gasteiger partial charge in [0.2, 0.25) is 0 Å². The minimum absolute atomic E-state index is 0.264. The number of hydrogen-bond acceptors (Lipinski definition) is 4. The Kier molecular flexibility index (Phi) is 8.34. The van der Waals surface area contributed by atoms with Gasteiger partial charge in [0.15, 0.2) is 0 Å². The lowest BCUT2D eigenvalue weighted by atomic mass is 9.84. The van der Waals surface area contributed by atoms with Crippen LogP contribution in [0.25, 0.3) is 0 Å². The fourth-order valence-electron chi connectivity index (χ4n) is 3.31. The summed E-state index contributed by atoms with van der Waals surface area (Å²) in [6.45, 7) is 11.4. The summed E-state index contributed by atoms with van der Waals surface area (Å²) in [5.74, 6) is 1.13. The number of rotatable bonds is 7. The molecular formula is C18H37N3O2. The maximum absolute atomic E-state index is 11.9. The zero-order chi connectivity index (χ0) is 17.5. The number of ether oxygens (including phenoxy) is 1. The van der Waals surface area contributed by atoms with E-state index in [1.807, 2.05) is 20.8 Å². The number of nitrogens with two attached hydrogens (primary N) is 1. The predicted octanol–water partition coefficient (Wildman–Crippen LogP) is 3.03. The Morgan fingerprint density at radius 2 is 1.91 bits per heavy atom. The normalized spacial score (nSPS) is 23.6. The van der Waals surface area contributed by atoms with E-state index in [1.54, 1.807) is 0 Å². The highest BCUT2D eigenvalue weighted by Gasteiger charge is 2.27. The van der Waals surface area contributed by atoms with E-state index in [0.29, 0.717) is 24.4 Å². The number of nitrogens with one attached hydrogen (secondary N) is 2. The first kappa shape index (κ1) is 20.2. The summed E-state index contributed by atoms with van der Waals surface area (Å²) < 4.78 is 5.33. The topological polar surface area (TPSA) is 76.4 Å². The van der Waals surface area contributed by atoms with E-state index in [2.05, 4.69) is 24.5 Å². The average molecular weight is 328 g/mol. The number of carbonyl (C=O) groups is 1. The second-order valence-corrected chi connectivity index (χ2v) is 8.26. The lowest BCUT2D eigenvalue weighted by Gasteiger charge is -2.35. The Labute approximate surface area is 142 Å². The van der Waals surface area contributed by atoms with Gasteiger partial charge in [0, 0.05) is 18.6 Å². The van der Waals surface area contributed by atoms with Crippen LogP contribution >= 0.6 is 0 Å². The molecule has 0 heterocycles. The van der Waals surface area contributed by atoms with Gasteiger partial charge in [-0.05, 0) is 58.4 Å². The largest absolute Gasteiger partial charge is 0.444 e. The van der Waals surface area contributed by atoms with Crippen LogP contribution in [-0.2, 0) is 4.74 Å². The first-order valence-corrected chi connectivity index (χ1v) is 9.14. The molecule has 4 N–H and O–H groups in total. The maximum Gasteiger partial charge on any atom is 0.407 e. The third-order valence-corrected chi connectivity index (χ3v) is 4.31. The van der Waals surface area contributed by atoms with Crippen LogP contribution in [0.5, 0.6) is 0 Å². The second kappa shape index (κ2) is 9.48. The van der Waals surface area contributed by atoms with Gasteiger partial charge in [0.05, 0.1) is 0 Å². The molecule has 0 aromatic heterocycles. The molecular weight excluding hydrogens is 290 g/mol. The van der Waals surface area contributed by atoms with E-state index in [9.17, 15) is 4.79 Å². The van der Waals surface area contributed by atoms with E-state index in [-0.39, 0.29) is 12.1 Å². The van der Waals surface area contributed by atoms with Crippen LogP contribution in [0.3, 0.4) is 0 Å². The fraction of sp³-hybridized carbons (Fsp3) is 0.944. The van der Waals surface area contributed by atoms with Gasteiger partial charge < -0.3 is 21.1 Å². The summed E-state index contributed by atoms with van der Waals surface area (Å²) in [5, 5.41) is 6.67. The van der Waals surface area contributed by atoms with Crippen LogP contribution < -0.4 is 16.4 Å². The van der Waals surface area contributed by atoms with Crippen LogP contribution in [0.15, 0.2) is 0 Å². The molecule has 0 spiro atoms. The van der Waals surface area contributed by atoms with Crippen LogP contribution in [-0.4, -0.2) is 36.9 Å². The molecule has 3 unspecified atom stereocenters. The molecule has 5 nitrogen and oxygen atoms in total. The Morgan fingerprint density at radius 3 is 2.48 bits per heavy atom. The Hall–Kier alpha value is -0.810. The first-order chi connectivity index (χ1) is 10.7. The molecule has 1 aliphatic carbocycles. The van der Waals surface area contributed by atoms with Crippen LogP contribution in [0, 0.1) is 11.8 Å². The highest BCUT2D eigenvalue weighted by molar-refractivity contribution is 5.67. The molecule has 1 saturated carbocycles. The Balaban J connectivity index is 2.53. The molecule has 0 saturated heterocycles. The van der Waals surface area contributed by atoms with Gasteiger partial charge >= 0.3 is 6.09 Å². The van der Waals surface area contributed by atoms with Gasteiger partial charge in [-0.1, -0.05) is 26.7 Å². The number of hydrogen-bond donors (Lipinski definition) is 3. The van der Waals surface area contributed by atoms with Crippen molar-refractivity contribution in [2.75, 3.05) is 13.1 Å². The lowest BCUT2D eigenvalue weighted by Crippen LogP contribution is -2.51. The van der Waals surface area contributed by atoms with Crippen molar-refractivity contribution >= 4 is 6.09 Å². The van der Waals surface area contributed by atoms with Crippen molar-refractivity contribution in [2.24, 2.45) is 17.6 Å². The average Bonchev–Trinajstić information content (AvgIpc) is 2.43. The Morgan fingerprint density at radius 1 is 1.26 bits per heavy atom. The smallest absolute Gasteiger partial charge is 0.407 e. The summed E-state index contributed by atoms with van der Waals surface area (Å²) in [7, 11) is 0. The van der Waals surface area contributed by atoms with Gasteiger partial charge in [0.25, 0.3) is 0 Å². The second-order valence-electron chi connectivity index (χ2n) is 8.26. The summed E-state index contributed by atoms with van der Waals surface area (Å²) >= 11 is 0. The van der Waals surface area contributed by atoms with Gasteiger partial charge in [-0.25, -0.2) is 4.79 Å². The molecule has 0 aliphatic heterocycles. The minimum Gasteiger partial charge on any atom is -0.444 e. The number of alkyl carbamates (subject to hydrolysis) is 1. The third kappa shape index (κ3) is 8.56. The van der Waals surface area contributed by atoms with Crippen molar-refractivity contribution < 1.29 is 9.53 Å². The minimum atomic E-state index is -0.459. The summed E-state index contributed by atoms with van der Waals surface area (Å²) in [6.07, 6.45) is 5.63. The van der Waals surface area contributed by atoms with E-state index in [1.165, 1.54) is 25.7 Å². The van der Waals surface area contributed by atoms with Gasteiger partial charge in [-0.15, -0.1) is 0 Å². The van der Waals surface area contributed by atoms with Gasteiger partial charge in [0.1, 0.15) is 5.60 Å². The van der Waals surface area contributed by atoms with Crippen LogP contribution in [0.2, 0.25) is 0 Å². The SMILES string of the molecule is CC(C)CC(CNC(=O)OC(C)(C)C)NC1CCCCC1CN. The zero-order valence-electron chi connectivity index (χ0n) is 15.7. The molecule has 1 amide bonds. The molecule has 0 bridgehead atoms. The standard InChI is InChI=1S/C18H37N3O2/c1-13(2)10-15(12-20-17(22)23-18(3,4)5)21-16-9-7-6-8-14(16)11-19/h13-16,21H,6-12,19H2,1-5H3,(H,20,22). The van der Waals surface area contributed by atoms with Crippen LogP contribution in [0.4, 0.5) is 4.79 Å². The monoisotopic (exact) mass is 327 g/mol. The van der Waals surface area contributed by atoms with E-state index >= 15 is 0 Å². The van der Waals surface area contributed by atoms with Crippen molar-refractivity contribution in [1.29, 1.82) is 0 Å². The molecule has 1 aliphatic rings. The van der Waals surface area contributed by atoms with Crippen molar-refractivity contribution in [3.63, 3.8) is 0 Å². The third-order valence-electron chi connectivity index (χ3n) is 4.31. The van der Waals surface area contributed by atoms with Crippen molar-refractivity contribution in [3.8, 4) is 0 Å². The van der Waals surface area contributed by atoms with Gasteiger partial charge in [-0.2, -0.15) is 0 Å². The fourth-order valence-corrected chi connectivity index (χ4v) is 3.31. The van der Waals surface area contributed by atoms with E-state index in [4.69, 9.17) is 10.5 Å². The summed E-state index contributed by atoms with van der Waals surface area (Å²) in [6, 6.07) is 0.734. The molecule has 0 radical (unpaired) electrons. The molecule has 5 heteroatoms. The van der Waals surface area contributed by atoms with Crippen molar-refractivity contribution in [2.45, 2.75) is 84.4 Å². The van der Waals surface area contributed by atoms with Crippen LogP contribution in [0.1, 0.15) is 66.7 Å². The molecule has 0 aromatic rings. The van der Waals surface area contributed by atoms with Crippen molar-refractivity contribution in [3.05, 3.63) is 0 Å². The molecule has 1 fully saturated rings. The van der Waals surface area contributed by atoms with E-state index in [0.717, 1.165) is 13.0 Å². The molecule has 0 aromatic carbocycles. The maximum atomic E-state index is 11.9. The van der Waals surface area contributed by atoms with Crippen molar-refractivity contribution in [1.82, 2.24) is 10.6 Å². The molecule has 136 valence electrons. The Bertz CT molecular complexity index is 353. The highest BCUT2D eigenvalue weighted by Crippen LogP contribution is 2.24. The molecule has 3 atom stereocenters. The summed E-state index contributed by atoms with van der Waals surface area (Å²) in [5.41, 5.74) is 5.47. The molecule has 23 heavy (non-hydrogen) atoms. The number of amides is 1.